The van der Waals surface area contributed by atoms with Crippen LogP contribution in [-0.4, -0.2) is 62.0 Å². The molecule has 4 nitrogen and oxygen atoms in total. The molecule has 0 radical (unpaired) electrons. The van der Waals surface area contributed by atoms with E-state index in [4.69, 9.17) is 0 Å². The summed E-state index contributed by atoms with van der Waals surface area (Å²) in [5.74, 6) is 3.13. The smallest absolute Gasteiger partial charge is 0.234 e. The molecule has 5 rings (SSSR count). The van der Waals surface area contributed by atoms with Crippen molar-refractivity contribution in [3.8, 4) is 0 Å². The molecule has 1 N–H and O–H groups in total. The van der Waals surface area contributed by atoms with Gasteiger partial charge in [0.15, 0.2) is 0 Å². The second-order valence-electron chi connectivity index (χ2n) is 9.12. The largest absolute Gasteiger partial charge is 0.354 e. The lowest BCUT2D eigenvalue weighted by Gasteiger charge is -2.48. The van der Waals surface area contributed by atoms with E-state index in [0.29, 0.717) is 12.0 Å². The zero-order chi connectivity index (χ0) is 15.9. The Labute approximate surface area is 141 Å². The minimum absolute atomic E-state index is 0.254. The summed E-state index contributed by atoms with van der Waals surface area (Å²) in [5.41, 5.74) is 0.449. The van der Waals surface area contributed by atoms with Crippen LogP contribution in [0.25, 0.3) is 0 Å². The Hall–Kier alpha value is -0.610. The molecule has 1 heterocycles. The second kappa shape index (κ2) is 6.36. The Morgan fingerprint density at radius 2 is 1.61 bits per heavy atom. The van der Waals surface area contributed by atoms with Gasteiger partial charge in [-0.2, -0.15) is 0 Å². The Kier molecular flexibility index (Phi) is 4.39. The fraction of sp³-hybridized carbons (Fsp3) is 0.947. The van der Waals surface area contributed by atoms with E-state index in [1.807, 2.05) is 0 Å². The van der Waals surface area contributed by atoms with Gasteiger partial charge in [-0.15, -0.1) is 0 Å². The van der Waals surface area contributed by atoms with Gasteiger partial charge in [0.2, 0.25) is 5.91 Å². The number of hydrogen-bond acceptors (Lipinski definition) is 3. The van der Waals surface area contributed by atoms with Crippen LogP contribution in [0.1, 0.15) is 44.9 Å². The number of carbonyl (C=O) groups excluding carboxylic acids is 1. The molecule has 4 heteroatoms. The van der Waals surface area contributed by atoms with Gasteiger partial charge in [0.25, 0.3) is 0 Å². The van der Waals surface area contributed by atoms with Crippen molar-refractivity contribution in [2.45, 2.75) is 44.9 Å². The van der Waals surface area contributed by atoms with Gasteiger partial charge in [-0.05, 0) is 62.3 Å². The third kappa shape index (κ3) is 3.58. The number of nitrogens with zero attached hydrogens (tertiary/aromatic N) is 2. The molecule has 0 aromatic heterocycles. The first kappa shape index (κ1) is 15.9. The maximum Gasteiger partial charge on any atom is 0.234 e. The van der Waals surface area contributed by atoms with Crippen molar-refractivity contribution in [3.05, 3.63) is 0 Å². The van der Waals surface area contributed by atoms with Gasteiger partial charge in [0.05, 0.1) is 6.54 Å². The average molecular weight is 319 g/mol. The molecule has 0 aromatic rings. The summed E-state index contributed by atoms with van der Waals surface area (Å²) in [6, 6.07) is 0. The minimum atomic E-state index is 0.254. The van der Waals surface area contributed by atoms with Crippen LogP contribution >= 0.6 is 0 Å². The maximum absolute atomic E-state index is 12.4. The summed E-state index contributed by atoms with van der Waals surface area (Å²) in [7, 11) is 2.16. The summed E-state index contributed by atoms with van der Waals surface area (Å²) in [6.07, 6.45) is 10.0. The van der Waals surface area contributed by atoms with Crippen LogP contribution < -0.4 is 5.32 Å². The summed E-state index contributed by atoms with van der Waals surface area (Å²) in [6.45, 7) is 5.77. The van der Waals surface area contributed by atoms with Crippen molar-refractivity contribution in [3.63, 3.8) is 0 Å². The van der Waals surface area contributed by atoms with Crippen LogP contribution in [0.2, 0.25) is 0 Å². The number of rotatable bonds is 4. The standard InChI is InChI=1S/C19H33N3O/c1-21-4-6-22(7-5-21)13-18(23)20-14-19-10-15-2-3-16(11-19)9-17(8-15)12-19/h15-17H,2-14H2,1H3,(H,20,23)/t15-,16+,17?,19?. The van der Waals surface area contributed by atoms with E-state index in [2.05, 4.69) is 22.2 Å². The Morgan fingerprint density at radius 1 is 1.00 bits per heavy atom. The van der Waals surface area contributed by atoms with Crippen LogP contribution in [0.3, 0.4) is 0 Å². The molecule has 5 aliphatic rings. The number of hydrogen-bond donors (Lipinski definition) is 1. The third-order valence-electron chi connectivity index (χ3n) is 7.11. The van der Waals surface area contributed by atoms with Gasteiger partial charge in [0.1, 0.15) is 0 Å². The van der Waals surface area contributed by atoms with E-state index in [1.54, 1.807) is 0 Å². The molecular formula is C19H33N3O. The monoisotopic (exact) mass is 319 g/mol. The number of nitrogens with one attached hydrogen (secondary N) is 1. The zero-order valence-electron chi connectivity index (χ0n) is 14.7. The number of likely N-dealkylation sites (N-methyl/N-ethyl adjacent to an activating group) is 1. The molecule has 23 heavy (non-hydrogen) atoms. The summed E-state index contributed by atoms with van der Waals surface area (Å²) in [5, 5.41) is 3.33. The summed E-state index contributed by atoms with van der Waals surface area (Å²) >= 11 is 0. The highest BCUT2D eigenvalue weighted by Gasteiger charge is 2.48. The number of amides is 1. The Bertz CT molecular complexity index is 428. The molecule has 4 aliphatic carbocycles. The van der Waals surface area contributed by atoms with Crippen LogP contribution in [0.5, 0.6) is 0 Å². The highest BCUT2D eigenvalue weighted by Crippen LogP contribution is 2.57. The van der Waals surface area contributed by atoms with Crippen molar-refractivity contribution in [2.75, 3.05) is 46.3 Å². The van der Waals surface area contributed by atoms with Crippen molar-refractivity contribution in [1.82, 2.24) is 15.1 Å². The summed E-state index contributed by atoms with van der Waals surface area (Å²) in [4.78, 5) is 17.1. The normalized spacial score (nSPS) is 41.0. The van der Waals surface area contributed by atoms with Crippen molar-refractivity contribution in [2.24, 2.45) is 23.2 Å². The van der Waals surface area contributed by atoms with Crippen LogP contribution in [-0.2, 0) is 4.79 Å². The fourth-order valence-electron chi connectivity index (χ4n) is 6.14. The molecule has 2 unspecified atom stereocenters. The molecule has 0 aromatic carbocycles. The molecule has 1 amide bonds. The average Bonchev–Trinajstić information content (AvgIpc) is 2.74. The highest BCUT2D eigenvalue weighted by molar-refractivity contribution is 5.78. The van der Waals surface area contributed by atoms with Crippen LogP contribution in [0.15, 0.2) is 0 Å². The zero-order valence-corrected chi connectivity index (χ0v) is 14.7. The maximum atomic E-state index is 12.4. The SMILES string of the molecule is CN1CCN(CC(=O)NCC23CC4C[C@@H](CC[C@@H](C4)C2)C3)CC1. The molecule has 130 valence electrons. The van der Waals surface area contributed by atoms with Gasteiger partial charge in [-0.25, -0.2) is 0 Å². The van der Waals surface area contributed by atoms with Gasteiger partial charge in [0, 0.05) is 32.7 Å². The molecule has 4 atom stereocenters. The van der Waals surface area contributed by atoms with Gasteiger partial charge < -0.3 is 10.2 Å². The van der Waals surface area contributed by atoms with Crippen molar-refractivity contribution in [1.29, 1.82) is 0 Å². The van der Waals surface area contributed by atoms with Crippen molar-refractivity contribution < 1.29 is 4.79 Å². The predicted octanol–water partition coefficient (Wildman–Crippen LogP) is 1.96. The topological polar surface area (TPSA) is 35.6 Å². The number of piperazine rings is 1. The van der Waals surface area contributed by atoms with Crippen LogP contribution in [0, 0.1) is 23.2 Å². The lowest BCUT2D eigenvalue weighted by molar-refractivity contribution is -0.123. The quantitative estimate of drug-likeness (QED) is 0.860. The summed E-state index contributed by atoms with van der Waals surface area (Å²) < 4.78 is 0. The second-order valence-corrected chi connectivity index (χ2v) is 9.12. The molecule has 4 bridgehead atoms. The molecule has 4 saturated carbocycles. The van der Waals surface area contributed by atoms with Crippen LogP contribution in [0.4, 0.5) is 0 Å². The first-order valence-electron chi connectivity index (χ1n) is 9.78. The molecule has 5 fully saturated rings. The van der Waals surface area contributed by atoms with Gasteiger partial charge in [-0.3, -0.25) is 9.69 Å². The van der Waals surface area contributed by atoms with E-state index >= 15 is 0 Å². The Balaban J connectivity index is 1.29. The first-order chi connectivity index (χ1) is 11.1. The fourth-order valence-corrected chi connectivity index (χ4v) is 6.14. The highest BCUT2D eigenvalue weighted by atomic mass is 16.2. The van der Waals surface area contributed by atoms with Gasteiger partial charge in [-0.1, -0.05) is 12.8 Å². The molecule has 0 spiro atoms. The number of carbonyl (C=O) groups is 1. The van der Waals surface area contributed by atoms with E-state index in [0.717, 1.165) is 50.5 Å². The molecule has 1 aliphatic heterocycles. The predicted molar refractivity (Wildman–Crippen MR) is 92.2 cm³/mol. The van der Waals surface area contributed by atoms with E-state index in [1.165, 1.54) is 44.9 Å². The lowest BCUT2D eigenvalue weighted by Crippen LogP contribution is -2.50. The van der Waals surface area contributed by atoms with Gasteiger partial charge >= 0.3 is 0 Å². The third-order valence-corrected chi connectivity index (χ3v) is 7.11. The molecular weight excluding hydrogens is 286 g/mol. The van der Waals surface area contributed by atoms with E-state index in [-0.39, 0.29) is 5.91 Å². The number of fused-ring (bicyclic) bond motifs is 1. The minimum Gasteiger partial charge on any atom is -0.354 e. The lowest BCUT2D eigenvalue weighted by atomic mass is 9.58. The van der Waals surface area contributed by atoms with E-state index in [9.17, 15) is 4.79 Å². The van der Waals surface area contributed by atoms with Crippen molar-refractivity contribution >= 4 is 5.91 Å². The molecule has 1 saturated heterocycles. The first-order valence-corrected chi connectivity index (χ1v) is 9.78. The Morgan fingerprint density at radius 3 is 2.26 bits per heavy atom. The van der Waals surface area contributed by atoms with E-state index < -0.39 is 0 Å².